The summed E-state index contributed by atoms with van der Waals surface area (Å²) in [4.78, 5) is 12.2. The van der Waals surface area contributed by atoms with Crippen LogP contribution in [0.5, 0.6) is 0 Å². The van der Waals surface area contributed by atoms with Gasteiger partial charge in [-0.2, -0.15) is 0 Å². The first-order valence-electron chi connectivity index (χ1n) is 6.57. The van der Waals surface area contributed by atoms with Crippen molar-refractivity contribution in [3.63, 3.8) is 0 Å². The lowest BCUT2D eigenvalue weighted by atomic mass is 9.84. The van der Waals surface area contributed by atoms with Gasteiger partial charge in [0.15, 0.2) is 0 Å². The molecule has 1 amide bonds. The van der Waals surface area contributed by atoms with Crippen molar-refractivity contribution in [1.29, 1.82) is 0 Å². The van der Waals surface area contributed by atoms with Gasteiger partial charge in [0.25, 0.3) is 5.91 Å². The largest absolute Gasteiger partial charge is 0.348 e. The Morgan fingerprint density at radius 1 is 1.42 bits per heavy atom. The van der Waals surface area contributed by atoms with Gasteiger partial charge in [-0.25, -0.2) is 0 Å². The molecule has 0 aliphatic heterocycles. The molecule has 0 saturated heterocycles. The highest BCUT2D eigenvalue weighted by Crippen LogP contribution is 2.31. The van der Waals surface area contributed by atoms with E-state index in [0.29, 0.717) is 26.7 Å². The lowest BCUT2D eigenvalue weighted by Crippen LogP contribution is -2.45. The normalized spacial score (nSPS) is 18.3. The maximum atomic E-state index is 12.2. The molecule has 1 heterocycles. The number of nitrogens with two attached hydrogens (primary N) is 1. The first-order valence-corrected chi connectivity index (χ1v) is 8.15. The van der Waals surface area contributed by atoms with Gasteiger partial charge in [-0.1, -0.05) is 42.5 Å². The molecule has 1 atom stereocenters. The average Bonchev–Trinajstić information content (AvgIpc) is 2.76. The Labute approximate surface area is 127 Å². The second kappa shape index (κ2) is 6.93. The number of hydrogen-bond donors (Lipinski definition) is 2. The van der Waals surface area contributed by atoms with Crippen LogP contribution in [0.15, 0.2) is 6.07 Å². The lowest BCUT2D eigenvalue weighted by Gasteiger charge is -2.30. The summed E-state index contributed by atoms with van der Waals surface area (Å²) in [6, 6.07) is 1.64. The number of carbonyl (C=O) groups is 1. The predicted molar refractivity (Wildman–Crippen MR) is 81.2 cm³/mol. The van der Waals surface area contributed by atoms with E-state index in [0.717, 1.165) is 12.8 Å². The zero-order chi connectivity index (χ0) is 13.8. The van der Waals surface area contributed by atoms with Crippen molar-refractivity contribution in [3.05, 3.63) is 20.3 Å². The number of rotatable bonds is 4. The number of carbonyl (C=O) groups excluding carboxylic acids is 1. The topological polar surface area (TPSA) is 55.1 Å². The summed E-state index contributed by atoms with van der Waals surface area (Å²) in [5.41, 5.74) is 6.25. The molecule has 1 aliphatic carbocycles. The molecule has 0 aromatic carbocycles. The SMILES string of the molecule is NCC(NC(=O)c1cc(Cl)sc1Cl)C1CCCCC1. The van der Waals surface area contributed by atoms with Crippen LogP contribution >= 0.6 is 34.5 Å². The molecule has 19 heavy (non-hydrogen) atoms. The van der Waals surface area contributed by atoms with E-state index < -0.39 is 0 Å². The van der Waals surface area contributed by atoms with Crippen molar-refractivity contribution in [2.24, 2.45) is 11.7 Å². The minimum Gasteiger partial charge on any atom is -0.348 e. The molecule has 1 fully saturated rings. The third-order valence-electron chi connectivity index (χ3n) is 3.69. The Hall–Kier alpha value is -0.290. The molecule has 1 aliphatic rings. The van der Waals surface area contributed by atoms with Gasteiger partial charge in [-0.05, 0) is 24.8 Å². The van der Waals surface area contributed by atoms with Crippen molar-refractivity contribution < 1.29 is 4.79 Å². The number of hydrogen-bond acceptors (Lipinski definition) is 3. The van der Waals surface area contributed by atoms with E-state index in [4.69, 9.17) is 28.9 Å². The van der Waals surface area contributed by atoms with Crippen molar-refractivity contribution >= 4 is 40.4 Å². The van der Waals surface area contributed by atoms with E-state index in [1.54, 1.807) is 6.07 Å². The van der Waals surface area contributed by atoms with Crippen LogP contribution < -0.4 is 11.1 Å². The van der Waals surface area contributed by atoms with Crippen LogP contribution in [-0.4, -0.2) is 18.5 Å². The quantitative estimate of drug-likeness (QED) is 0.888. The summed E-state index contributed by atoms with van der Waals surface area (Å²) < 4.78 is 0.957. The van der Waals surface area contributed by atoms with E-state index in [1.165, 1.54) is 30.6 Å². The van der Waals surface area contributed by atoms with Crippen LogP contribution in [0.1, 0.15) is 42.5 Å². The summed E-state index contributed by atoms with van der Waals surface area (Å²) in [6.07, 6.45) is 6.01. The Bertz CT molecular complexity index is 444. The highest BCUT2D eigenvalue weighted by molar-refractivity contribution is 7.20. The first kappa shape index (κ1) is 15.1. The Morgan fingerprint density at radius 2 is 2.11 bits per heavy atom. The van der Waals surface area contributed by atoms with Gasteiger partial charge in [0.05, 0.1) is 9.90 Å². The zero-order valence-electron chi connectivity index (χ0n) is 10.6. The molecule has 0 spiro atoms. The summed E-state index contributed by atoms with van der Waals surface area (Å²) in [5, 5.41) is 3.01. The number of halogens is 2. The van der Waals surface area contributed by atoms with E-state index in [1.807, 2.05) is 0 Å². The maximum absolute atomic E-state index is 12.2. The van der Waals surface area contributed by atoms with Crippen LogP contribution in [0.4, 0.5) is 0 Å². The molecule has 3 N–H and O–H groups in total. The maximum Gasteiger partial charge on any atom is 0.253 e. The molecule has 1 unspecified atom stereocenters. The molecule has 106 valence electrons. The number of nitrogens with one attached hydrogen (secondary N) is 1. The second-order valence-corrected chi connectivity index (χ2v) is 7.24. The van der Waals surface area contributed by atoms with Crippen LogP contribution in [0.25, 0.3) is 0 Å². The smallest absolute Gasteiger partial charge is 0.253 e. The van der Waals surface area contributed by atoms with Gasteiger partial charge >= 0.3 is 0 Å². The second-order valence-electron chi connectivity index (χ2n) is 4.95. The van der Waals surface area contributed by atoms with E-state index in [9.17, 15) is 4.79 Å². The Balaban J connectivity index is 2.01. The molecular formula is C13H18Cl2N2OS. The van der Waals surface area contributed by atoms with Crippen molar-refractivity contribution in [1.82, 2.24) is 5.32 Å². The molecular weight excluding hydrogens is 303 g/mol. The third-order valence-corrected chi connectivity index (χ3v) is 5.18. The molecule has 2 rings (SSSR count). The Kier molecular flexibility index (Phi) is 5.51. The minimum absolute atomic E-state index is 0.0301. The van der Waals surface area contributed by atoms with Crippen molar-refractivity contribution in [2.45, 2.75) is 38.1 Å². The molecule has 0 bridgehead atoms. The van der Waals surface area contributed by atoms with Crippen LogP contribution in [0.3, 0.4) is 0 Å². The summed E-state index contributed by atoms with van der Waals surface area (Å²) >= 11 is 13.1. The monoisotopic (exact) mass is 320 g/mol. The predicted octanol–water partition coefficient (Wildman–Crippen LogP) is 3.69. The third kappa shape index (κ3) is 3.85. The van der Waals surface area contributed by atoms with Gasteiger partial charge in [0.1, 0.15) is 4.34 Å². The van der Waals surface area contributed by atoms with Gasteiger partial charge in [-0.15, -0.1) is 11.3 Å². The molecule has 3 nitrogen and oxygen atoms in total. The van der Waals surface area contributed by atoms with Crippen LogP contribution in [-0.2, 0) is 0 Å². The molecule has 1 saturated carbocycles. The average molecular weight is 321 g/mol. The standard InChI is InChI=1S/C13H18Cl2N2OS/c14-11-6-9(12(15)19-11)13(18)17-10(7-16)8-4-2-1-3-5-8/h6,8,10H,1-5,7,16H2,(H,17,18). The molecule has 1 aromatic heterocycles. The van der Waals surface area contributed by atoms with Crippen molar-refractivity contribution in [2.75, 3.05) is 6.54 Å². The summed E-state index contributed by atoms with van der Waals surface area (Å²) in [6.45, 7) is 0.464. The van der Waals surface area contributed by atoms with E-state index >= 15 is 0 Å². The number of amides is 1. The first-order chi connectivity index (χ1) is 9.11. The fraction of sp³-hybridized carbons (Fsp3) is 0.615. The van der Waals surface area contributed by atoms with E-state index in [2.05, 4.69) is 5.32 Å². The van der Waals surface area contributed by atoms with Crippen molar-refractivity contribution in [3.8, 4) is 0 Å². The Morgan fingerprint density at radius 3 is 2.63 bits per heavy atom. The summed E-state index contributed by atoms with van der Waals surface area (Å²) in [7, 11) is 0. The van der Waals surface area contributed by atoms with Gasteiger partial charge in [-0.3, -0.25) is 4.79 Å². The fourth-order valence-electron chi connectivity index (χ4n) is 2.65. The van der Waals surface area contributed by atoms with Gasteiger partial charge < -0.3 is 11.1 Å². The van der Waals surface area contributed by atoms with Crippen LogP contribution in [0.2, 0.25) is 8.67 Å². The van der Waals surface area contributed by atoms with Crippen LogP contribution in [0, 0.1) is 5.92 Å². The van der Waals surface area contributed by atoms with E-state index in [-0.39, 0.29) is 11.9 Å². The molecule has 1 aromatic rings. The van der Waals surface area contributed by atoms with Gasteiger partial charge in [0.2, 0.25) is 0 Å². The highest BCUT2D eigenvalue weighted by Gasteiger charge is 2.25. The lowest BCUT2D eigenvalue weighted by molar-refractivity contribution is 0.0916. The zero-order valence-corrected chi connectivity index (χ0v) is 13.0. The highest BCUT2D eigenvalue weighted by atomic mass is 35.5. The summed E-state index contributed by atoms with van der Waals surface area (Å²) in [5.74, 6) is 0.310. The fourth-order valence-corrected chi connectivity index (χ4v) is 4.11. The number of thiophene rings is 1. The molecule has 0 radical (unpaired) electrons. The van der Waals surface area contributed by atoms with Gasteiger partial charge in [0, 0.05) is 12.6 Å². The minimum atomic E-state index is -0.172. The molecule has 6 heteroatoms.